The molecule has 0 saturated heterocycles. The van der Waals surface area contributed by atoms with Crippen molar-refractivity contribution in [3.63, 3.8) is 0 Å². The molecule has 0 aliphatic rings. The lowest BCUT2D eigenvalue weighted by Crippen LogP contribution is -2.32. The lowest BCUT2D eigenvalue weighted by Gasteiger charge is -2.17. The van der Waals surface area contributed by atoms with Crippen molar-refractivity contribution in [1.29, 1.82) is 0 Å². The lowest BCUT2D eigenvalue weighted by molar-refractivity contribution is -0.384. The minimum Gasteiger partial charge on any atom is -0.378 e. The number of carbonyl (C=O) groups is 1. The number of benzene rings is 2. The molecule has 0 spiro atoms. The minimum atomic E-state index is -1.47. The summed E-state index contributed by atoms with van der Waals surface area (Å²) in [6.45, 7) is -0.0377. The summed E-state index contributed by atoms with van der Waals surface area (Å²) in [7, 11) is 0. The average molecular weight is 329 g/mol. The quantitative estimate of drug-likeness (QED) is 0.476. The number of hydrogen-bond acceptors (Lipinski definition) is 6. The standard InChI is InChI=1S/C16H15N3O5/c20-15(13-4-2-1-3-5-13)16(21)18(17-22)11-10-12-6-8-14(9-7-12)19(23)24/h1-9,15,20H,10-11H2/t15-/m1/s1. The van der Waals surface area contributed by atoms with E-state index in [0.717, 1.165) is 0 Å². The van der Waals surface area contributed by atoms with Crippen LogP contribution in [-0.4, -0.2) is 27.5 Å². The van der Waals surface area contributed by atoms with Crippen LogP contribution < -0.4 is 0 Å². The molecule has 24 heavy (non-hydrogen) atoms. The third kappa shape index (κ3) is 4.20. The molecule has 0 heterocycles. The van der Waals surface area contributed by atoms with Crippen LogP contribution in [0.3, 0.4) is 0 Å². The first-order valence-corrected chi connectivity index (χ1v) is 7.14. The number of nitrogens with zero attached hydrogens (tertiary/aromatic N) is 3. The molecule has 2 rings (SSSR count). The van der Waals surface area contributed by atoms with Gasteiger partial charge in [-0.05, 0) is 17.5 Å². The molecule has 1 amide bonds. The summed E-state index contributed by atoms with van der Waals surface area (Å²) in [6, 6.07) is 14.0. The van der Waals surface area contributed by atoms with Crippen molar-refractivity contribution in [3.05, 3.63) is 80.7 Å². The van der Waals surface area contributed by atoms with Gasteiger partial charge >= 0.3 is 0 Å². The highest BCUT2D eigenvalue weighted by Gasteiger charge is 2.24. The zero-order valence-electron chi connectivity index (χ0n) is 12.6. The highest BCUT2D eigenvalue weighted by Crippen LogP contribution is 2.17. The van der Waals surface area contributed by atoms with E-state index < -0.39 is 16.9 Å². The number of aliphatic hydroxyl groups is 1. The first-order chi connectivity index (χ1) is 11.5. The molecule has 0 saturated carbocycles. The second-order valence-corrected chi connectivity index (χ2v) is 5.03. The van der Waals surface area contributed by atoms with Crippen molar-refractivity contribution in [3.8, 4) is 0 Å². The van der Waals surface area contributed by atoms with Crippen molar-refractivity contribution in [2.24, 2.45) is 5.29 Å². The topological polar surface area (TPSA) is 113 Å². The van der Waals surface area contributed by atoms with Crippen LogP contribution >= 0.6 is 0 Å². The molecule has 0 aliphatic heterocycles. The van der Waals surface area contributed by atoms with Gasteiger partial charge in [0.1, 0.15) is 0 Å². The third-order valence-electron chi connectivity index (χ3n) is 3.46. The van der Waals surface area contributed by atoms with Gasteiger partial charge in [0.2, 0.25) is 0 Å². The molecule has 0 radical (unpaired) electrons. The fraction of sp³-hybridized carbons (Fsp3) is 0.188. The number of non-ortho nitro benzene ring substituents is 1. The van der Waals surface area contributed by atoms with Crippen molar-refractivity contribution < 1.29 is 14.8 Å². The SMILES string of the molecule is O=NN(CCc1ccc([N+](=O)[O-])cc1)C(=O)[C@H](O)c1ccccc1. The number of nitroso groups, excluding NO2 is 1. The van der Waals surface area contributed by atoms with Crippen LogP contribution in [0, 0.1) is 15.0 Å². The minimum absolute atomic E-state index is 0.0377. The van der Waals surface area contributed by atoms with Gasteiger partial charge in [-0.3, -0.25) is 14.9 Å². The molecule has 2 aromatic carbocycles. The molecule has 1 atom stereocenters. The van der Waals surface area contributed by atoms with Gasteiger partial charge in [0.15, 0.2) is 6.10 Å². The highest BCUT2D eigenvalue weighted by molar-refractivity contribution is 5.81. The molecule has 0 unspecified atom stereocenters. The van der Waals surface area contributed by atoms with E-state index in [9.17, 15) is 24.9 Å². The van der Waals surface area contributed by atoms with E-state index in [1.165, 1.54) is 12.1 Å². The molecule has 8 heteroatoms. The van der Waals surface area contributed by atoms with E-state index in [1.54, 1.807) is 42.5 Å². The highest BCUT2D eigenvalue weighted by atomic mass is 16.6. The zero-order valence-corrected chi connectivity index (χ0v) is 12.6. The van der Waals surface area contributed by atoms with Crippen LogP contribution in [0.5, 0.6) is 0 Å². The van der Waals surface area contributed by atoms with Crippen molar-refractivity contribution in [1.82, 2.24) is 5.01 Å². The van der Waals surface area contributed by atoms with Gasteiger partial charge < -0.3 is 5.11 Å². The van der Waals surface area contributed by atoms with E-state index in [-0.39, 0.29) is 18.7 Å². The summed E-state index contributed by atoms with van der Waals surface area (Å²) in [4.78, 5) is 33.1. The summed E-state index contributed by atoms with van der Waals surface area (Å²) in [6.07, 6.45) is -1.20. The monoisotopic (exact) mass is 329 g/mol. The first-order valence-electron chi connectivity index (χ1n) is 7.14. The lowest BCUT2D eigenvalue weighted by atomic mass is 10.1. The van der Waals surface area contributed by atoms with Crippen LogP contribution in [0.4, 0.5) is 5.69 Å². The Bertz CT molecular complexity index is 718. The summed E-state index contributed by atoms with van der Waals surface area (Å²) in [5.74, 6) is -0.821. The number of rotatable bonds is 7. The maximum Gasteiger partial charge on any atom is 0.278 e. The molecular weight excluding hydrogens is 314 g/mol. The molecule has 0 fully saturated rings. The van der Waals surface area contributed by atoms with Gasteiger partial charge in [0.05, 0.1) is 16.8 Å². The van der Waals surface area contributed by atoms with Gasteiger partial charge in [-0.15, -0.1) is 4.91 Å². The van der Waals surface area contributed by atoms with Crippen molar-refractivity contribution >= 4 is 11.6 Å². The van der Waals surface area contributed by atoms with E-state index in [4.69, 9.17) is 0 Å². The molecule has 0 bridgehead atoms. The number of aliphatic hydroxyl groups excluding tert-OH is 1. The Hall–Kier alpha value is -3.13. The van der Waals surface area contributed by atoms with E-state index in [1.807, 2.05) is 0 Å². The molecule has 2 aromatic rings. The Morgan fingerprint density at radius 1 is 1.17 bits per heavy atom. The van der Waals surface area contributed by atoms with E-state index in [0.29, 0.717) is 16.1 Å². The Kier molecular flexibility index (Phi) is 5.69. The Balaban J connectivity index is 1.99. The van der Waals surface area contributed by atoms with Crippen LogP contribution in [0.1, 0.15) is 17.2 Å². The Morgan fingerprint density at radius 3 is 2.33 bits per heavy atom. The predicted octanol–water partition coefficient (Wildman–Crippen LogP) is 2.38. The number of nitro benzene ring substituents is 1. The molecule has 124 valence electrons. The Morgan fingerprint density at radius 2 is 1.79 bits per heavy atom. The van der Waals surface area contributed by atoms with Crippen molar-refractivity contribution in [2.75, 3.05) is 6.54 Å². The average Bonchev–Trinajstić information content (AvgIpc) is 2.62. The summed E-state index contributed by atoms with van der Waals surface area (Å²) >= 11 is 0. The predicted molar refractivity (Wildman–Crippen MR) is 85.7 cm³/mol. The van der Waals surface area contributed by atoms with Gasteiger partial charge in [-0.2, -0.15) is 5.01 Å². The number of nitro groups is 1. The first kappa shape index (κ1) is 17.2. The summed E-state index contributed by atoms with van der Waals surface area (Å²) < 4.78 is 0. The van der Waals surface area contributed by atoms with Crippen LogP contribution in [0.15, 0.2) is 59.9 Å². The Labute approximate surface area is 137 Å². The number of amides is 1. The van der Waals surface area contributed by atoms with Gasteiger partial charge in [-0.1, -0.05) is 42.5 Å². The third-order valence-corrected chi connectivity index (χ3v) is 3.46. The fourth-order valence-corrected chi connectivity index (χ4v) is 2.13. The van der Waals surface area contributed by atoms with Gasteiger partial charge in [0.25, 0.3) is 11.6 Å². The zero-order chi connectivity index (χ0) is 17.5. The van der Waals surface area contributed by atoms with Crippen LogP contribution in [-0.2, 0) is 11.2 Å². The largest absolute Gasteiger partial charge is 0.378 e. The van der Waals surface area contributed by atoms with Crippen LogP contribution in [0.25, 0.3) is 0 Å². The molecule has 1 N–H and O–H groups in total. The second-order valence-electron chi connectivity index (χ2n) is 5.03. The van der Waals surface area contributed by atoms with E-state index in [2.05, 4.69) is 5.29 Å². The smallest absolute Gasteiger partial charge is 0.278 e. The van der Waals surface area contributed by atoms with Crippen molar-refractivity contribution in [2.45, 2.75) is 12.5 Å². The summed E-state index contributed by atoms with van der Waals surface area (Å²) in [5, 5.41) is 23.9. The maximum absolute atomic E-state index is 12.1. The maximum atomic E-state index is 12.1. The fourth-order valence-electron chi connectivity index (χ4n) is 2.13. The van der Waals surface area contributed by atoms with Gasteiger partial charge in [0, 0.05) is 12.1 Å². The molecular formula is C16H15N3O5. The molecule has 0 aliphatic carbocycles. The second kappa shape index (κ2) is 7.93. The van der Waals surface area contributed by atoms with E-state index >= 15 is 0 Å². The normalized spacial score (nSPS) is 11.5. The molecule has 0 aromatic heterocycles. The number of hydrogen-bond donors (Lipinski definition) is 1. The van der Waals surface area contributed by atoms with Crippen LogP contribution in [0.2, 0.25) is 0 Å². The number of carbonyl (C=O) groups excluding carboxylic acids is 1. The molecule has 8 nitrogen and oxygen atoms in total. The van der Waals surface area contributed by atoms with Gasteiger partial charge in [-0.25, -0.2) is 0 Å². The summed E-state index contributed by atoms with van der Waals surface area (Å²) in [5.41, 5.74) is 1.03.